The van der Waals surface area contributed by atoms with E-state index in [1.165, 1.54) is 19.2 Å². The average molecular weight is 387 g/mol. The highest BCUT2D eigenvalue weighted by Gasteiger charge is 2.08. The normalized spacial score (nSPS) is 10.8. The predicted molar refractivity (Wildman–Crippen MR) is 103 cm³/mol. The van der Waals surface area contributed by atoms with Gasteiger partial charge in [-0.25, -0.2) is 22.5 Å². The zero-order valence-electron chi connectivity index (χ0n) is 14.5. The first-order valence-electron chi connectivity index (χ1n) is 8.09. The largest absolute Gasteiger partial charge is 0.496 e. The summed E-state index contributed by atoms with van der Waals surface area (Å²) >= 11 is 0. The molecule has 0 saturated carbocycles. The van der Waals surface area contributed by atoms with E-state index in [9.17, 15) is 12.8 Å². The van der Waals surface area contributed by atoms with Crippen LogP contribution >= 0.6 is 0 Å². The van der Waals surface area contributed by atoms with Gasteiger partial charge in [0.1, 0.15) is 17.4 Å². The van der Waals surface area contributed by atoms with Crippen LogP contribution in [-0.4, -0.2) is 20.5 Å². The molecule has 1 aromatic heterocycles. The van der Waals surface area contributed by atoms with Crippen LogP contribution in [0, 0.1) is 5.82 Å². The zero-order valence-corrected chi connectivity index (χ0v) is 15.4. The minimum absolute atomic E-state index is 0.217. The maximum atomic E-state index is 13.4. The summed E-state index contributed by atoms with van der Waals surface area (Å²) in [5.74, 6) is 0.666. The Hall–Kier alpha value is -2.97. The summed E-state index contributed by atoms with van der Waals surface area (Å²) in [4.78, 5) is 4.30. The molecule has 3 aromatic rings. The van der Waals surface area contributed by atoms with Crippen LogP contribution in [0.4, 0.5) is 15.9 Å². The van der Waals surface area contributed by atoms with E-state index in [-0.39, 0.29) is 12.4 Å². The van der Waals surface area contributed by atoms with Gasteiger partial charge in [-0.05, 0) is 47.5 Å². The van der Waals surface area contributed by atoms with Crippen LogP contribution in [-0.2, 0) is 17.4 Å². The van der Waals surface area contributed by atoms with E-state index in [0.29, 0.717) is 11.6 Å². The second-order valence-electron chi connectivity index (χ2n) is 5.69. The SMILES string of the molecule is COc1cc(F)ccc1-c1ccnc(Nc2cccc(CN[SH](=O)=O)c2)c1. The summed E-state index contributed by atoms with van der Waals surface area (Å²) in [5.41, 5.74) is 3.16. The predicted octanol–water partition coefficient (Wildman–Crippen LogP) is 3.26. The number of hydrogen-bond donors (Lipinski definition) is 3. The first-order valence-corrected chi connectivity index (χ1v) is 9.27. The number of nitrogens with zero attached hydrogens (tertiary/aromatic N) is 1. The van der Waals surface area contributed by atoms with Gasteiger partial charge in [0.05, 0.1) is 7.11 Å². The van der Waals surface area contributed by atoms with E-state index >= 15 is 0 Å². The number of methoxy groups -OCH3 is 1. The molecule has 1 heterocycles. The van der Waals surface area contributed by atoms with Crippen molar-refractivity contribution in [1.29, 1.82) is 0 Å². The van der Waals surface area contributed by atoms with Crippen LogP contribution in [0.5, 0.6) is 5.75 Å². The summed E-state index contributed by atoms with van der Waals surface area (Å²) in [6, 6.07) is 15.3. The molecule has 0 aliphatic rings. The van der Waals surface area contributed by atoms with Crippen molar-refractivity contribution in [2.75, 3.05) is 12.4 Å². The topological polar surface area (TPSA) is 80.3 Å². The smallest absolute Gasteiger partial charge is 0.201 e. The number of anilines is 2. The van der Waals surface area contributed by atoms with E-state index in [1.807, 2.05) is 36.4 Å². The van der Waals surface area contributed by atoms with Gasteiger partial charge in [-0.2, -0.15) is 0 Å². The Labute approximate surface area is 158 Å². The molecule has 0 bridgehead atoms. The van der Waals surface area contributed by atoms with Crippen molar-refractivity contribution in [2.45, 2.75) is 6.54 Å². The molecule has 27 heavy (non-hydrogen) atoms. The lowest BCUT2D eigenvalue weighted by atomic mass is 10.1. The molecular weight excluding hydrogens is 369 g/mol. The summed E-state index contributed by atoms with van der Waals surface area (Å²) in [5, 5.41) is 3.19. The standard InChI is InChI=1S/C19H18FN3O3S/c1-26-18-11-15(20)5-6-17(18)14-7-8-21-19(10-14)23-16-4-2-3-13(9-16)12-22-27(24)25/h2-11,27H,12H2,1H3,(H,21,23)(H,22,24,25). The number of pyridine rings is 1. The molecule has 3 rings (SSSR count). The van der Waals surface area contributed by atoms with Gasteiger partial charge in [0.2, 0.25) is 10.9 Å². The second kappa shape index (κ2) is 8.61. The quantitative estimate of drug-likeness (QED) is 0.542. The molecule has 0 aliphatic carbocycles. The highest BCUT2D eigenvalue weighted by molar-refractivity contribution is 7.70. The van der Waals surface area contributed by atoms with Crippen molar-refractivity contribution in [1.82, 2.24) is 9.71 Å². The fourth-order valence-electron chi connectivity index (χ4n) is 2.63. The monoisotopic (exact) mass is 387 g/mol. The molecule has 2 aromatic carbocycles. The van der Waals surface area contributed by atoms with Crippen LogP contribution in [0.15, 0.2) is 60.8 Å². The van der Waals surface area contributed by atoms with Crippen LogP contribution in [0.3, 0.4) is 0 Å². The van der Waals surface area contributed by atoms with Gasteiger partial charge in [0, 0.05) is 30.1 Å². The molecule has 0 atom stereocenters. The molecule has 0 radical (unpaired) electrons. The first-order chi connectivity index (χ1) is 13.0. The first kappa shape index (κ1) is 18.8. The maximum Gasteiger partial charge on any atom is 0.201 e. The van der Waals surface area contributed by atoms with Gasteiger partial charge in [-0.1, -0.05) is 12.1 Å². The molecule has 0 spiro atoms. The third kappa shape index (κ3) is 5.02. The Bertz CT molecular complexity index is 1020. The van der Waals surface area contributed by atoms with Crippen LogP contribution < -0.4 is 14.8 Å². The van der Waals surface area contributed by atoms with Gasteiger partial charge in [-0.3, -0.25) is 0 Å². The van der Waals surface area contributed by atoms with Crippen LogP contribution in [0.25, 0.3) is 11.1 Å². The summed E-state index contributed by atoms with van der Waals surface area (Å²) in [7, 11) is -1.15. The van der Waals surface area contributed by atoms with E-state index in [2.05, 4.69) is 15.0 Å². The fourth-order valence-corrected chi connectivity index (χ4v) is 2.94. The van der Waals surface area contributed by atoms with E-state index in [0.717, 1.165) is 22.4 Å². The Kier molecular flexibility index (Phi) is 6.00. The van der Waals surface area contributed by atoms with Crippen LogP contribution in [0.1, 0.15) is 5.56 Å². The van der Waals surface area contributed by atoms with E-state index in [1.54, 1.807) is 12.3 Å². The number of ether oxygens (including phenoxy) is 1. The van der Waals surface area contributed by atoms with E-state index < -0.39 is 10.9 Å². The number of thiol groups is 1. The molecule has 8 heteroatoms. The Morgan fingerprint density at radius 1 is 1.11 bits per heavy atom. The molecule has 0 fully saturated rings. The van der Waals surface area contributed by atoms with Crippen molar-refractivity contribution in [3.63, 3.8) is 0 Å². The fraction of sp³-hybridized carbons (Fsp3) is 0.105. The third-order valence-corrected chi connectivity index (χ3v) is 4.26. The van der Waals surface area contributed by atoms with Crippen molar-refractivity contribution in [3.8, 4) is 16.9 Å². The molecular formula is C19H18FN3O3S. The molecule has 0 aliphatic heterocycles. The highest BCUT2D eigenvalue weighted by atomic mass is 32.2. The highest BCUT2D eigenvalue weighted by Crippen LogP contribution is 2.31. The zero-order chi connectivity index (χ0) is 19.2. The molecule has 2 N–H and O–H groups in total. The van der Waals surface area contributed by atoms with Gasteiger partial charge >= 0.3 is 0 Å². The van der Waals surface area contributed by atoms with Gasteiger partial charge < -0.3 is 10.1 Å². The minimum Gasteiger partial charge on any atom is -0.496 e. The number of halogens is 1. The number of benzene rings is 2. The molecule has 140 valence electrons. The third-order valence-electron chi connectivity index (χ3n) is 3.85. The average Bonchev–Trinajstić information content (AvgIpc) is 2.67. The number of hydrogen-bond acceptors (Lipinski definition) is 5. The molecule has 6 nitrogen and oxygen atoms in total. The lowest BCUT2D eigenvalue weighted by molar-refractivity contribution is 0.413. The molecule has 0 unspecified atom stereocenters. The van der Waals surface area contributed by atoms with Crippen molar-refractivity contribution < 1.29 is 17.5 Å². The molecule has 0 saturated heterocycles. The number of nitrogens with one attached hydrogen (secondary N) is 2. The van der Waals surface area contributed by atoms with Gasteiger partial charge in [-0.15, -0.1) is 0 Å². The van der Waals surface area contributed by atoms with E-state index in [4.69, 9.17) is 4.74 Å². The molecule has 0 amide bonds. The van der Waals surface area contributed by atoms with Crippen molar-refractivity contribution in [3.05, 3.63) is 72.2 Å². The van der Waals surface area contributed by atoms with Crippen molar-refractivity contribution in [2.24, 2.45) is 0 Å². The van der Waals surface area contributed by atoms with Crippen molar-refractivity contribution >= 4 is 22.4 Å². The lowest BCUT2D eigenvalue weighted by Gasteiger charge is -2.11. The lowest BCUT2D eigenvalue weighted by Crippen LogP contribution is -2.10. The Balaban J connectivity index is 1.84. The summed E-state index contributed by atoms with van der Waals surface area (Å²) in [6.45, 7) is 0.217. The summed E-state index contributed by atoms with van der Waals surface area (Å²) < 4.78 is 42.4. The maximum absolute atomic E-state index is 13.4. The van der Waals surface area contributed by atoms with Crippen LogP contribution in [0.2, 0.25) is 0 Å². The summed E-state index contributed by atoms with van der Waals surface area (Å²) in [6.07, 6.45) is 1.65. The van der Waals surface area contributed by atoms with Gasteiger partial charge in [0.15, 0.2) is 0 Å². The number of aromatic nitrogens is 1. The number of rotatable bonds is 7. The van der Waals surface area contributed by atoms with Gasteiger partial charge in [0.25, 0.3) is 0 Å². The second-order valence-corrected chi connectivity index (χ2v) is 6.52. The Morgan fingerprint density at radius 2 is 1.96 bits per heavy atom. The Morgan fingerprint density at radius 3 is 2.74 bits per heavy atom. The minimum atomic E-state index is -2.64.